The summed E-state index contributed by atoms with van der Waals surface area (Å²) in [4.78, 5) is 25.9. The molecule has 1 atom stereocenters. The van der Waals surface area contributed by atoms with Gasteiger partial charge < -0.3 is 15.0 Å². The first-order chi connectivity index (χ1) is 14.8. The van der Waals surface area contributed by atoms with Crippen LogP contribution >= 0.6 is 11.8 Å². The molecule has 168 valence electrons. The molecule has 0 bridgehead atoms. The van der Waals surface area contributed by atoms with Crippen molar-refractivity contribution >= 4 is 23.7 Å². The summed E-state index contributed by atoms with van der Waals surface area (Å²) < 4.78 is 20.7. The van der Waals surface area contributed by atoms with Crippen LogP contribution in [0.1, 0.15) is 13.8 Å². The fourth-order valence-electron chi connectivity index (χ4n) is 3.25. The summed E-state index contributed by atoms with van der Waals surface area (Å²) in [6, 6.07) is 5.16. The third kappa shape index (κ3) is 6.25. The van der Waals surface area contributed by atoms with E-state index in [-0.39, 0.29) is 11.7 Å². The summed E-state index contributed by atoms with van der Waals surface area (Å²) >= 11 is 1.23. The highest BCUT2D eigenvalue weighted by Gasteiger charge is 2.28. The van der Waals surface area contributed by atoms with Gasteiger partial charge in [0.1, 0.15) is 5.82 Å². The van der Waals surface area contributed by atoms with Gasteiger partial charge in [-0.25, -0.2) is 9.18 Å². The number of carbonyl (C=O) groups excluding carboxylic acids is 2. The zero-order chi connectivity index (χ0) is 22.4. The van der Waals surface area contributed by atoms with Gasteiger partial charge >= 0.3 is 6.03 Å². The van der Waals surface area contributed by atoms with Crippen molar-refractivity contribution in [3.8, 4) is 11.4 Å². The number of urea groups is 1. The summed E-state index contributed by atoms with van der Waals surface area (Å²) in [5, 5.41) is 10.7. The van der Waals surface area contributed by atoms with Crippen LogP contribution in [0.15, 0.2) is 29.4 Å². The molecule has 2 heterocycles. The summed E-state index contributed by atoms with van der Waals surface area (Å²) in [6.45, 7) is 8.17. The van der Waals surface area contributed by atoms with Gasteiger partial charge in [-0.3, -0.25) is 15.0 Å². The van der Waals surface area contributed by atoms with E-state index in [9.17, 15) is 14.0 Å². The van der Waals surface area contributed by atoms with Crippen molar-refractivity contribution in [1.29, 1.82) is 0 Å². The molecule has 1 unspecified atom stereocenters. The Morgan fingerprint density at radius 3 is 2.48 bits per heavy atom. The summed E-state index contributed by atoms with van der Waals surface area (Å²) in [7, 11) is 0. The van der Waals surface area contributed by atoms with E-state index in [0.29, 0.717) is 30.7 Å². The minimum absolute atomic E-state index is 0.0805. The molecule has 1 aliphatic rings. The number of ether oxygens (including phenoxy) is 1. The Balaban J connectivity index is 1.87. The molecule has 0 spiro atoms. The number of carbonyl (C=O) groups is 2. The van der Waals surface area contributed by atoms with Crippen LogP contribution in [0.3, 0.4) is 0 Å². The topological polar surface area (TPSA) is 115 Å². The monoisotopic (exact) mass is 450 g/mol. The number of morpholine rings is 1. The number of hydrogen-bond acceptors (Lipinski definition) is 7. The van der Waals surface area contributed by atoms with Crippen molar-refractivity contribution < 1.29 is 18.7 Å². The number of benzene rings is 1. The van der Waals surface area contributed by atoms with E-state index in [1.807, 2.05) is 18.4 Å². The predicted molar refractivity (Wildman–Crippen MR) is 115 cm³/mol. The molecule has 1 fully saturated rings. The van der Waals surface area contributed by atoms with E-state index in [1.165, 1.54) is 23.9 Å². The van der Waals surface area contributed by atoms with Crippen molar-refractivity contribution in [3.05, 3.63) is 30.1 Å². The van der Waals surface area contributed by atoms with E-state index in [0.717, 1.165) is 25.2 Å². The van der Waals surface area contributed by atoms with Gasteiger partial charge in [-0.05, 0) is 30.2 Å². The van der Waals surface area contributed by atoms with Gasteiger partial charge in [0.05, 0.1) is 18.5 Å². The van der Waals surface area contributed by atoms with E-state index in [1.54, 1.807) is 12.1 Å². The number of halogens is 1. The van der Waals surface area contributed by atoms with Crippen LogP contribution in [0.4, 0.5) is 9.18 Å². The van der Waals surface area contributed by atoms with Crippen molar-refractivity contribution in [2.24, 2.45) is 11.7 Å². The number of amides is 3. The number of nitrogens with one attached hydrogen (secondary N) is 1. The van der Waals surface area contributed by atoms with Crippen LogP contribution in [-0.4, -0.2) is 69.7 Å². The first-order valence-electron chi connectivity index (χ1n) is 10.1. The maximum absolute atomic E-state index is 13.4. The minimum atomic E-state index is -0.892. The van der Waals surface area contributed by atoms with Gasteiger partial charge in [0.2, 0.25) is 5.91 Å². The van der Waals surface area contributed by atoms with Gasteiger partial charge in [-0.1, -0.05) is 25.6 Å². The smallest absolute Gasteiger partial charge is 0.318 e. The third-order valence-electron chi connectivity index (χ3n) is 4.91. The average Bonchev–Trinajstić information content (AvgIpc) is 3.13. The normalized spacial score (nSPS) is 15.7. The lowest BCUT2D eigenvalue weighted by Gasteiger charge is -2.27. The summed E-state index contributed by atoms with van der Waals surface area (Å²) in [5.74, 6) is -0.295. The molecule has 1 saturated heterocycles. The molecule has 0 saturated carbocycles. The van der Waals surface area contributed by atoms with E-state index in [2.05, 4.69) is 20.4 Å². The molecule has 0 aliphatic carbocycles. The van der Waals surface area contributed by atoms with Crippen LogP contribution in [-0.2, 0) is 16.1 Å². The first kappa shape index (κ1) is 23.2. The lowest BCUT2D eigenvalue weighted by Crippen LogP contribution is -2.42. The fraction of sp³-hybridized carbons (Fsp3) is 0.500. The second-order valence-electron chi connectivity index (χ2n) is 7.55. The first-order valence-corrected chi connectivity index (χ1v) is 11.0. The molecule has 3 N–H and O–H groups in total. The number of nitrogens with zero attached hydrogens (tertiary/aromatic N) is 4. The van der Waals surface area contributed by atoms with Crippen molar-refractivity contribution in [2.75, 3.05) is 32.8 Å². The number of hydrogen-bond donors (Lipinski definition) is 2. The molecular formula is C20H27FN6O3S. The van der Waals surface area contributed by atoms with Gasteiger partial charge in [0.15, 0.2) is 11.0 Å². The zero-order valence-corrected chi connectivity index (χ0v) is 18.4. The largest absolute Gasteiger partial charge is 0.379 e. The molecule has 1 aromatic carbocycles. The van der Waals surface area contributed by atoms with Crippen LogP contribution in [0.25, 0.3) is 11.4 Å². The maximum atomic E-state index is 13.4. The highest BCUT2D eigenvalue weighted by atomic mass is 32.2. The number of thioether (sulfide) groups is 1. The average molecular weight is 451 g/mol. The summed E-state index contributed by atoms with van der Waals surface area (Å²) in [6.07, 6.45) is 0. The molecule has 9 nitrogen and oxygen atoms in total. The van der Waals surface area contributed by atoms with Crippen molar-refractivity contribution in [2.45, 2.75) is 30.8 Å². The van der Waals surface area contributed by atoms with E-state index >= 15 is 0 Å². The van der Waals surface area contributed by atoms with Crippen LogP contribution in [0, 0.1) is 11.7 Å². The minimum Gasteiger partial charge on any atom is -0.379 e. The molecule has 3 amide bonds. The third-order valence-corrected chi connectivity index (χ3v) is 6.43. The van der Waals surface area contributed by atoms with Gasteiger partial charge in [-0.2, -0.15) is 0 Å². The number of rotatable bonds is 8. The van der Waals surface area contributed by atoms with E-state index < -0.39 is 17.2 Å². The molecule has 3 rings (SSSR count). The highest BCUT2D eigenvalue weighted by molar-refractivity contribution is 8.00. The number of imide groups is 1. The second-order valence-corrected chi connectivity index (χ2v) is 8.66. The summed E-state index contributed by atoms with van der Waals surface area (Å²) in [5.41, 5.74) is 5.84. The number of aromatic nitrogens is 3. The Bertz CT molecular complexity index is 899. The number of nitrogens with two attached hydrogens (primary N) is 1. The Morgan fingerprint density at radius 1 is 1.19 bits per heavy atom. The molecular weight excluding hydrogens is 423 g/mol. The van der Waals surface area contributed by atoms with Gasteiger partial charge in [0, 0.05) is 31.7 Å². The highest BCUT2D eigenvalue weighted by Crippen LogP contribution is 2.30. The van der Waals surface area contributed by atoms with Crippen molar-refractivity contribution in [1.82, 2.24) is 25.0 Å². The zero-order valence-electron chi connectivity index (χ0n) is 17.6. The van der Waals surface area contributed by atoms with Crippen LogP contribution < -0.4 is 11.1 Å². The Hall–Kier alpha value is -2.50. The van der Waals surface area contributed by atoms with Crippen LogP contribution in [0.5, 0.6) is 0 Å². The Morgan fingerprint density at radius 2 is 1.87 bits per heavy atom. The Labute approximate surface area is 184 Å². The van der Waals surface area contributed by atoms with E-state index in [4.69, 9.17) is 10.5 Å². The number of primary amides is 1. The van der Waals surface area contributed by atoms with Gasteiger partial charge in [0.25, 0.3) is 0 Å². The lowest BCUT2D eigenvalue weighted by atomic mass is 10.1. The standard InChI is InChI=1S/C20H27FN6O3S/c1-13(2)16(18(28)23-19(22)29)31-20-25-24-17(14-3-5-15(21)6-4-14)27(20)8-7-26-9-11-30-12-10-26/h3-6,13,16H,7-12H2,1-2H3,(H3,22,23,28,29). The lowest BCUT2D eigenvalue weighted by molar-refractivity contribution is -0.120. The molecule has 0 radical (unpaired) electrons. The molecule has 31 heavy (non-hydrogen) atoms. The quantitative estimate of drug-likeness (QED) is 0.589. The predicted octanol–water partition coefficient (Wildman–Crippen LogP) is 1.73. The molecule has 1 aromatic heterocycles. The van der Waals surface area contributed by atoms with Crippen molar-refractivity contribution in [3.63, 3.8) is 0 Å². The van der Waals surface area contributed by atoms with Crippen LogP contribution in [0.2, 0.25) is 0 Å². The van der Waals surface area contributed by atoms with Gasteiger partial charge in [-0.15, -0.1) is 10.2 Å². The molecule has 2 aromatic rings. The maximum Gasteiger partial charge on any atom is 0.318 e. The fourth-order valence-corrected chi connectivity index (χ4v) is 4.31. The molecule has 11 heteroatoms. The second kappa shape index (κ2) is 10.7. The SMILES string of the molecule is CC(C)C(Sc1nnc(-c2ccc(F)cc2)n1CCN1CCOCC1)C(=O)NC(N)=O. The molecule has 1 aliphatic heterocycles. The Kier molecular flexibility index (Phi) is 7.99.